The van der Waals surface area contributed by atoms with E-state index in [9.17, 15) is 22.8 Å². The molecule has 0 aliphatic carbocycles. The van der Waals surface area contributed by atoms with Crippen LogP contribution < -0.4 is 11.5 Å². The van der Waals surface area contributed by atoms with Gasteiger partial charge in [-0.25, -0.2) is 19.6 Å². The third kappa shape index (κ3) is 3.28. The summed E-state index contributed by atoms with van der Waals surface area (Å²) in [7, 11) is 0. The number of nitrogen functional groups attached to an aromatic ring is 1. The Hall–Kier alpha value is -3.21. The average molecular weight is 382 g/mol. The second kappa shape index (κ2) is 6.26. The van der Waals surface area contributed by atoms with E-state index in [-0.39, 0.29) is 32.3 Å². The summed E-state index contributed by atoms with van der Waals surface area (Å²) in [6, 6.07) is 6.05. The van der Waals surface area contributed by atoms with Crippen LogP contribution in [0.1, 0.15) is 15.2 Å². The van der Waals surface area contributed by atoms with Gasteiger partial charge < -0.3 is 16.2 Å². The van der Waals surface area contributed by atoms with E-state index in [2.05, 4.69) is 14.7 Å². The number of nitrogens with zero attached hydrogens (tertiary/aromatic N) is 2. The molecule has 3 aromatic rings. The summed E-state index contributed by atoms with van der Waals surface area (Å²) >= 11 is 0.789. The minimum Gasteiger partial charge on any atom is -0.372 e. The highest BCUT2D eigenvalue weighted by Crippen LogP contribution is 2.40. The fourth-order valence-electron chi connectivity index (χ4n) is 2.32. The van der Waals surface area contributed by atoms with Crippen LogP contribution in [0.3, 0.4) is 0 Å². The molecule has 1 aromatic carbocycles. The number of halogens is 3. The molecule has 26 heavy (non-hydrogen) atoms. The Morgan fingerprint density at radius 2 is 1.85 bits per heavy atom. The molecule has 4 N–H and O–H groups in total. The Morgan fingerprint density at radius 1 is 1.15 bits per heavy atom. The van der Waals surface area contributed by atoms with Crippen molar-refractivity contribution in [3.63, 3.8) is 0 Å². The number of hydrogen-bond donors (Lipinski definition) is 2. The molecule has 2 heterocycles. The molecule has 2 aromatic heterocycles. The van der Waals surface area contributed by atoms with Crippen LogP contribution in [0, 0.1) is 0 Å². The van der Waals surface area contributed by atoms with Gasteiger partial charge in [-0.15, -0.1) is 11.3 Å². The van der Waals surface area contributed by atoms with Gasteiger partial charge in [0, 0.05) is 10.9 Å². The van der Waals surface area contributed by atoms with E-state index in [1.54, 1.807) is 0 Å². The maximum atomic E-state index is 13.3. The zero-order chi connectivity index (χ0) is 19.1. The van der Waals surface area contributed by atoms with Crippen molar-refractivity contribution >= 4 is 39.6 Å². The van der Waals surface area contributed by atoms with E-state index < -0.39 is 23.8 Å². The molecule has 0 spiro atoms. The lowest BCUT2D eigenvalue weighted by molar-refractivity contribution is -0.137. The maximum absolute atomic E-state index is 13.3. The second-order valence-corrected chi connectivity index (χ2v) is 6.04. The number of alkyl halides is 3. The summed E-state index contributed by atoms with van der Waals surface area (Å²) < 4.78 is 44.2. The number of esters is 1. The van der Waals surface area contributed by atoms with Gasteiger partial charge in [0.25, 0.3) is 0 Å². The average Bonchev–Trinajstić information content (AvgIpc) is 2.96. The smallest absolute Gasteiger partial charge is 0.372 e. The number of hydrogen-bond acceptors (Lipinski definition) is 7. The van der Waals surface area contributed by atoms with Crippen molar-refractivity contribution in [1.82, 2.24) is 9.97 Å². The zero-order valence-electron chi connectivity index (χ0n) is 12.7. The Kier molecular flexibility index (Phi) is 4.24. The number of rotatable bonds is 2. The monoisotopic (exact) mass is 382 g/mol. The maximum Gasteiger partial charge on any atom is 0.417 e. The van der Waals surface area contributed by atoms with Crippen LogP contribution >= 0.6 is 11.3 Å². The van der Waals surface area contributed by atoms with Gasteiger partial charge in [-0.05, 0) is 12.1 Å². The number of nitrogens with two attached hydrogens (primary N) is 2. The summed E-state index contributed by atoms with van der Waals surface area (Å²) in [5, 5.41) is 0.164. The van der Waals surface area contributed by atoms with Crippen LogP contribution in [0.5, 0.6) is 0 Å². The van der Waals surface area contributed by atoms with Crippen LogP contribution in [0.15, 0.2) is 30.3 Å². The van der Waals surface area contributed by atoms with Crippen LogP contribution in [-0.2, 0) is 10.9 Å². The Morgan fingerprint density at radius 3 is 2.50 bits per heavy atom. The van der Waals surface area contributed by atoms with Crippen LogP contribution in [0.4, 0.5) is 23.9 Å². The molecule has 11 heteroatoms. The summed E-state index contributed by atoms with van der Waals surface area (Å²) in [5.74, 6) is -1.31. The fourth-order valence-corrected chi connectivity index (χ4v) is 3.24. The molecular weight excluding hydrogens is 373 g/mol. The van der Waals surface area contributed by atoms with Crippen molar-refractivity contribution in [1.29, 1.82) is 0 Å². The fraction of sp³-hybridized carbons (Fsp3) is 0.0667. The molecule has 0 bridgehead atoms. The standard InChI is InChI=1S/C15H9F3N4O3S/c16-15(17,18)8-4-2-1-3-6(8)10-7-5-9(12(23)25-14(20)24)26-11(7)22-13(19)21-10/h1-5H,(H2,20,24)(H2,19,21,22). The van der Waals surface area contributed by atoms with Crippen molar-refractivity contribution in [2.45, 2.75) is 6.18 Å². The third-order valence-corrected chi connectivity index (χ3v) is 4.30. The molecule has 0 radical (unpaired) electrons. The van der Waals surface area contributed by atoms with Gasteiger partial charge in [0.15, 0.2) is 0 Å². The second-order valence-electron chi connectivity index (χ2n) is 5.01. The van der Waals surface area contributed by atoms with E-state index in [1.807, 2.05) is 0 Å². The highest BCUT2D eigenvalue weighted by molar-refractivity contribution is 7.20. The zero-order valence-corrected chi connectivity index (χ0v) is 13.5. The number of carbonyl (C=O) groups is 2. The van der Waals surface area contributed by atoms with Crippen LogP contribution in [0.25, 0.3) is 21.5 Å². The molecule has 0 saturated carbocycles. The number of benzene rings is 1. The molecule has 3 rings (SSSR count). The summed E-state index contributed by atoms with van der Waals surface area (Å²) in [6.45, 7) is 0. The quantitative estimate of drug-likeness (QED) is 0.519. The molecular formula is C15H9F3N4O3S. The van der Waals surface area contributed by atoms with E-state index in [4.69, 9.17) is 11.5 Å². The number of thiophene rings is 1. The summed E-state index contributed by atoms with van der Waals surface area (Å²) in [4.78, 5) is 30.4. The van der Waals surface area contributed by atoms with Gasteiger partial charge in [-0.3, -0.25) is 0 Å². The van der Waals surface area contributed by atoms with Crippen molar-refractivity contribution in [3.05, 3.63) is 40.8 Å². The molecule has 0 fully saturated rings. The largest absolute Gasteiger partial charge is 0.417 e. The first-order chi connectivity index (χ1) is 12.2. The number of fused-ring (bicyclic) bond motifs is 1. The Labute approximate surface area is 147 Å². The minimum absolute atomic E-state index is 0.0792. The molecule has 7 nitrogen and oxygen atoms in total. The third-order valence-electron chi connectivity index (χ3n) is 3.29. The van der Waals surface area contributed by atoms with E-state index >= 15 is 0 Å². The van der Waals surface area contributed by atoms with Crippen molar-refractivity contribution < 1.29 is 27.5 Å². The lowest BCUT2D eigenvalue weighted by atomic mass is 10.0. The Balaban J connectivity index is 2.23. The summed E-state index contributed by atoms with van der Waals surface area (Å²) in [5.41, 5.74) is 9.17. The van der Waals surface area contributed by atoms with Gasteiger partial charge >= 0.3 is 18.2 Å². The first-order valence-electron chi connectivity index (χ1n) is 6.92. The van der Waals surface area contributed by atoms with Crippen molar-refractivity contribution in [3.8, 4) is 11.3 Å². The number of aromatic nitrogens is 2. The minimum atomic E-state index is -4.62. The number of primary amides is 1. The first-order valence-corrected chi connectivity index (χ1v) is 7.73. The highest BCUT2D eigenvalue weighted by Gasteiger charge is 2.34. The molecule has 0 aliphatic heterocycles. The number of carbonyl (C=O) groups excluding carboxylic acids is 2. The highest BCUT2D eigenvalue weighted by atomic mass is 32.1. The predicted molar refractivity (Wildman–Crippen MR) is 87.3 cm³/mol. The molecule has 134 valence electrons. The van der Waals surface area contributed by atoms with Gasteiger partial charge in [0.1, 0.15) is 9.71 Å². The molecule has 1 amide bonds. The number of anilines is 1. The van der Waals surface area contributed by atoms with Crippen LogP contribution in [0.2, 0.25) is 0 Å². The van der Waals surface area contributed by atoms with Gasteiger partial charge in [-0.2, -0.15) is 13.2 Å². The van der Waals surface area contributed by atoms with E-state index in [0.29, 0.717) is 0 Å². The normalized spacial score (nSPS) is 11.5. The van der Waals surface area contributed by atoms with Gasteiger partial charge in [0.05, 0.1) is 11.3 Å². The van der Waals surface area contributed by atoms with E-state index in [1.165, 1.54) is 24.3 Å². The predicted octanol–water partition coefficient (Wildman–Crippen LogP) is 3.19. The van der Waals surface area contributed by atoms with E-state index in [0.717, 1.165) is 17.4 Å². The molecule has 0 aliphatic rings. The summed E-state index contributed by atoms with van der Waals surface area (Å²) in [6.07, 6.45) is -5.92. The topological polar surface area (TPSA) is 121 Å². The number of amides is 1. The molecule has 0 saturated heterocycles. The number of ether oxygens (including phenoxy) is 1. The van der Waals surface area contributed by atoms with Crippen molar-refractivity contribution in [2.24, 2.45) is 5.73 Å². The first kappa shape index (κ1) is 17.6. The SMILES string of the molecule is NC(=O)OC(=O)c1cc2c(-c3ccccc3C(F)(F)F)nc(N)nc2s1. The van der Waals surface area contributed by atoms with Crippen LogP contribution in [-0.4, -0.2) is 22.0 Å². The Bertz CT molecular complexity index is 1030. The molecule has 0 atom stereocenters. The molecule has 0 unspecified atom stereocenters. The van der Waals surface area contributed by atoms with Crippen molar-refractivity contribution in [2.75, 3.05) is 5.73 Å². The lowest BCUT2D eigenvalue weighted by Crippen LogP contribution is -2.17. The lowest BCUT2D eigenvalue weighted by Gasteiger charge is -2.13. The van der Waals surface area contributed by atoms with Gasteiger partial charge in [-0.1, -0.05) is 18.2 Å². The van der Waals surface area contributed by atoms with Gasteiger partial charge in [0.2, 0.25) is 5.95 Å².